The maximum Gasteiger partial charge on any atom is 0.380 e. The van der Waals surface area contributed by atoms with Crippen molar-refractivity contribution in [3.63, 3.8) is 0 Å². The Morgan fingerprint density at radius 2 is 1.64 bits per heavy atom. The molecule has 110 valence electrons. The first-order valence-electron chi connectivity index (χ1n) is 6.57. The van der Waals surface area contributed by atoms with Crippen molar-refractivity contribution >= 4 is 33.4 Å². The topological polar surface area (TPSA) is 63.6 Å². The number of aliphatic hydroxyl groups is 1. The van der Waals surface area contributed by atoms with Crippen LogP contribution in [0.15, 0.2) is 64.6 Å². The molecule has 1 heterocycles. The summed E-state index contributed by atoms with van der Waals surface area (Å²) in [6, 6.07) is 15.6. The number of halogens is 1. The van der Waals surface area contributed by atoms with Gasteiger partial charge in [0.25, 0.3) is 5.78 Å². The molecular weight excluding hydrogens is 348 g/mol. The lowest BCUT2D eigenvalue weighted by Gasteiger charge is -2.12. The summed E-state index contributed by atoms with van der Waals surface area (Å²) in [4.78, 5) is 23.7. The first-order chi connectivity index (χ1) is 10.6. The van der Waals surface area contributed by atoms with Gasteiger partial charge in [0, 0.05) is 10.0 Å². The largest absolute Gasteiger partial charge is 0.507 e. The zero-order valence-corrected chi connectivity index (χ0v) is 12.9. The highest BCUT2D eigenvalue weighted by molar-refractivity contribution is 9.10. The minimum Gasteiger partial charge on any atom is -0.507 e. The van der Waals surface area contributed by atoms with Gasteiger partial charge in [-0.3, -0.25) is 4.79 Å². The number of hydrogen-bond acceptors (Lipinski definition) is 4. The molecule has 1 fully saturated rings. The maximum atomic E-state index is 12.1. The Hall–Kier alpha value is -2.40. The van der Waals surface area contributed by atoms with Crippen LogP contribution in [0, 0.1) is 0 Å². The van der Waals surface area contributed by atoms with Crippen LogP contribution in [0.2, 0.25) is 0 Å². The van der Waals surface area contributed by atoms with Crippen LogP contribution in [-0.2, 0) is 14.3 Å². The fourth-order valence-corrected chi connectivity index (χ4v) is 2.57. The number of ketones is 1. The summed E-state index contributed by atoms with van der Waals surface area (Å²) in [6.07, 6.45) is -0.895. The highest BCUT2D eigenvalue weighted by atomic mass is 79.9. The van der Waals surface area contributed by atoms with Crippen LogP contribution in [0.5, 0.6) is 0 Å². The number of aliphatic hydroxyl groups excluding tert-OH is 1. The van der Waals surface area contributed by atoms with E-state index in [4.69, 9.17) is 4.74 Å². The van der Waals surface area contributed by atoms with E-state index in [1.165, 1.54) is 0 Å². The Morgan fingerprint density at radius 1 is 1.00 bits per heavy atom. The molecule has 1 unspecified atom stereocenters. The lowest BCUT2D eigenvalue weighted by molar-refractivity contribution is -0.149. The fraction of sp³-hybridized carbons (Fsp3) is 0.0588. The molecule has 2 aromatic carbocycles. The Balaban J connectivity index is 2.11. The molecule has 0 aliphatic carbocycles. The van der Waals surface area contributed by atoms with Crippen LogP contribution in [0.3, 0.4) is 0 Å². The van der Waals surface area contributed by atoms with E-state index < -0.39 is 17.9 Å². The van der Waals surface area contributed by atoms with Gasteiger partial charge in [-0.2, -0.15) is 0 Å². The molecule has 1 aliphatic rings. The summed E-state index contributed by atoms with van der Waals surface area (Å²) in [5, 5.41) is 10.4. The lowest BCUT2D eigenvalue weighted by Crippen LogP contribution is -2.08. The summed E-state index contributed by atoms with van der Waals surface area (Å²) >= 11 is 3.32. The van der Waals surface area contributed by atoms with Crippen LogP contribution in [-0.4, -0.2) is 16.9 Å². The van der Waals surface area contributed by atoms with Gasteiger partial charge in [-0.05, 0) is 17.7 Å². The van der Waals surface area contributed by atoms with Gasteiger partial charge in [0.1, 0.15) is 5.76 Å². The van der Waals surface area contributed by atoms with Gasteiger partial charge >= 0.3 is 5.97 Å². The molecule has 1 aliphatic heterocycles. The predicted molar refractivity (Wildman–Crippen MR) is 84.0 cm³/mol. The molecule has 3 rings (SSSR count). The quantitative estimate of drug-likeness (QED) is 0.385. The zero-order valence-electron chi connectivity index (χ0n) is 11.3. The average molecular weight is 359 g/mol. The van der Waals surface area contributed by atoms with Crippen molar-refractivity contribution in [3.8, 4) is 0 Å². The molecule has 0 saturated carbocycles. The molecule has 5 heteroatoms. The van der Waals surface area contributed by atoms with E-state index in [2.05, 4.69) is 15.9 Å². The first-order valence-corrected chi connectivity index (χ1v) is 7.36. The van der Waals surface area contributed by atoms with Crippen molar-refractivity contribution in [2.45, 2.75) is 6.10 Å². The van der Waals surface area contributed by atoms with Gasteiger partial charge in [-0.25, -0.2) is 4.79 Å². The van der Waals surface area contributed by atoms with Crippen molar-refractivity contribution in [1.82, 2.24) is 0 Å². The summed E-state index contributed by atoms with van der Waals surface area (Å²) in [7, 11) is 0. The number of benzene rings is 2. The minimum atomic E-state index is -0.953. The summed E-state index contributed by atoms with van der Waals surface area (Å²) in [5.74, 6) is -2.00. The molecule has 0 spiro atoms. The van der Waals surface area contributed by atoms with E-state index in [1.807, 2.05) is 0 Å². The van der Waals surface area contributed by atoms with Crippen molar-refractivity contribution in [2.75, 3.05) is 0 Å². The average Bonchev–Trinajstić information content (AvgIpc) is 2.84. The smallest absolute Gasteiger partial charge is 0.380 e. The second-order valence-corrected chi connectivity index (χ2v) is 5.71. The minimum absolute atomic E-state index is 0.0291. The zero-order chi connectivity index (χ0) is 15.7. The standard InChI is InChI=1S/C17H11BrO4/c18-12-8-6-11(7-9-12)16-13(15(20)17(21)22-16)14(19)10-4-2-1-3-5-10/h1-9,16,19H/b14-13+. The molecule has 0 amide bonds. The molecule has 0 aromatic heterocycles. The molecule has 22 heavy (non-hydrogen) atoms. The normalized spacial score (nSPS) is 20.0. The fourth-order valence-electron chi connectivity index (χ4n) is 2.30. The van der Waals surface area contributed by atoms with Crippen LogP contribution in [0.4, 0.5) is 0 Å². The van der Waals surface area contributed by atoms with Crippen molar-refractivity contribution in [1.29, 1.82) is 0 Å². The maximum absolute atomic E-state index is 12.1. The van der Waals surface area contributed by atoms with Crippen LogP contribution < -0.4 is 0 Å². The van der Waals surface area contributed by atoms with Gasteiger partial charge in [-0.1, -0.05) is 58.4 Å². The summed E-state index contributed by atoms with van der Waals surface area (Å²) in [5.41, 5.74) is 1.06. The lowest BCUT2D eigenvalue weighted by atomic mass is 9.97. The van der Waals surface area contributed by atoms with E-state index in [0.717, 1.165) is 4.47 Å². The van der Waals surface area contributed by atoms with Crippen molar-refractivity contribution in [3.05, 3.63) is 75.8 Å². The van der Waals surface area contributed by atoms with Crippen molar-refractivity contribution in [2.24, 2.45) is 0 Å². The number of ether oxygens (including phenoxy) is 1. The van der Waals surface area contributed by atoms with Gasteiger partial charge in [-0.15, -0.1) is 0 Å². The SMILES string of the molecule is O=C1OC(c2ccc(Br)cc2)/C(=C(/O)c2ccccc2)C1=O. The van der Waals surface area contributed by atoms with Crippen LogP contribution in [0.25, 0.3) is 5.76 Å². The Morgan fingerprint density at radius 3 is 2.27 bits per heavy atom. The van der Waals surface area contributed by atoms with Gasteiger partial charge in [0.2, 0.25) is 0 Å². The number of esters is 1. The highest BCUT2D eigenvalue weighted by Gasteiger charge is 2.42. The third-order valence-corrected chi connectivity index (χ3v) is 3.92. The summed E-state index contributed by atoms with van der Waals surface area (Å²) < 4.78 is 6.00. The van der Waals surface area contributed by atoms with E-state index >= 15 is 0 Å². The van der Waals surface area contributed by atoms with Crippen LogP contribution in [0.1, 0.15) is 17.2 Å². The highest BCUT2D eigenvalue weighted by Crippen LogP contribution is 2.37. The molecule has 0 bridgehead atoms. The monoisotopic (exact) mass is 358 g/mol. The molecule has 2 aromatic rings. The van der Waals surface area contributed by atoms with Gasteiger partial charge in [0.15, 0.2) is 6.10 Å². The summed E-state index contributed by atoms with van der Waals surface area (Å²) in [6.45, 7) is 0. The predicted octanol–water partition coefficient (Wildman–Crippen LogP) is 3.59. The molecule has 1 N–H and O–H groups in total. The number of cyclic esters (lactones) is 1. The second-order valence-electron chi connectivity index (χ2n) is 4.79. The van der Waals surface area contributed by atoms with E-state index in [9.17, 15) is 14.7 Å². The Labute approximate surface area is 135 Å². The molecule has 1 saturated heterocycles. The van der Waals surface area contributed by atoms with Crippen molar-refractivity contribution < 1.29 is 19.4 Å². The van der Waals surface area contributed by atoms with Gasteiger partial charge in [0.05, 0.1) is 5.57 Å². The number of carbonyl (C=O) groups is 2. The number of Topliss-reactive ketones (excluding diaryl/α,β-unsaturated/α-hetero) is 1. The first kappa shape index (κ1) is 14.5. The molecule has 4 nitrogen and oxygen atoms in total. The number of hydrogen-bond donors (Lipinski definition) is 1. The Kier molecular flexibility index (Phi) is 3.81. The van der Waals surface area contributed by atoms with Crippen LogP contribution >= 0.6 is 15.9 Å². The second kappa shape index (κ2) is 5.77. The third kappa shape index (κ3) is 2.55. The van der Waals surface area contributed by atoms with E-state index in [-0.39, 0.29) is 11.3 Å². The van der Waals surface area contributed by atoms with E-state index in [0.29, 0.717) is 11.1 Å². The number of rotatable bonds is 2. The molecular formula is C17H11BrO4. The number of carbonyl (C=O) groups excluding carboxylic acids is 2. The molecule has 0 radical (unpaired) electrons. The van der Waals surface area contributed by atoms with E-state index in [1.54, 1.807) is 54.6 Å². The Bertz CT molecular complexity index is 763. The third-order valence-electron chi connectivity index (χ3n) is 3.39. The molecule has 1 atom stereocenters. The van der Waals surface area contributed by atoms with Gasteiger partial charge < -0.3 is 9.84 Å².